The van der Waals surface area contributed by atoms with Gasteiger partial charge in [0.1, 0.15) is 11.4 Å². The molecule has 29 heavy (non-hydrogen) atoms. The number of methoxy groups -OCH3 is 1. The third-order valence-corrected chi connectivity index (χ3v) is 4.38. The van der Waals surface area contributed by atoms with Crippen molar-refractivity contribution in [2.75, 3.05) is 19.2 Å². The van der Waals surface area contributed by atoms with Crippen molar-refractivity contribution in [2.24, 2.45) is 0 Å². The van der Waals surface area contributed by atoms with Gasteiger partial charge in [0.25, 0.3) is 5.91 Å². The van der Waals surface area contributed by atoms with E-state index in [2.05, 4.69) is 20.6 Å². The van der Waals surface area contributed by atoms with E-state index >= 15 is 0 Å². The van der Waals surface area contributed by atoms with Crippen LogP contribution in [0.3, 0.4) is 0 Å². The van der Waals surface area contributed by atoms with Crippen molar-refractivity contribution < 1.29 is 19.0 Å². The molecule has 0 saturated carbocycles. The summed E-state index contributed by atoms with van der Waals surface area (Å²) < 4.78 is 16.0. The average molecular weight is 392 g/mol. The van der Waals surface area contributed by atoms with Crippen LogP contribution in [0.5, 0.6) is 17.2 Å². The molecule has 0 spiro atoms. The Kier molecular flexibility index (Phi) is 5.15. The smallest absolute Gasteiger partial charge is 0.270 e. The van der Waals surface area contributed by atoms with Crippen molar-refractivity contribution in [3.8, 4) is 17.2 Å². The zero-order chi connectivity index (χ0) is 20.2. The second-order valence-electron chi connectivity index (χ2n) is 6.46. The van der Waals surface area contributed by atoms with E-state index in [1.807, 2.05) is 43.3 Å². The summed E-state index contributed by atoms with van der Waals surface area (Å²) in [6.07, 6.45) is 1.53. The quantitative estimate of drug-likeness (QED) is 0.665. The molecule has 1 aliphatic heterocycles. The largest absolute Gasteiger partial charge is 0.495 e. The van der Waals surface area contributed by atoms with Crippen molar-refractivity contribution in [1.82, 2.24) is 15.3 Å². The molecule has 148 valence electrons. The number of rotatable bonds is 6. The standard InChI is InChI=1S/C21H20N4O4/c1-13-3-5-17(27-2)16(9-13)25-21-22-8-7-15(24-21)20(26)23-11-14-4-6-18-19(10-14)29-12-28-18/h3-10H,11-12H2,1-2H3,(H,23,26)(H,22,24,25). The van der Waals surface area contributed by atoms with Crippen LogP contribution in [0.25, 0.3) is 0 Å². The van der Waals surface area contributed by atoms with E-state index in [1.165, 1.54) is 6.20 Å². The summed E-state index contributed by atoms with van der Waals surface area (Å²) in [6.45, 7) is 2.53. The summed E-state index contributed by atoms with van der Waals surface area (Å²) in [4.78, 5) is 21.0. The molecule has 1 aliphatic rings. The van der Waals surface area contributed by atoms with Gasteiger partial charge < -0.3 is 24.8 Å². The normalized spacial score (nSPS) is 11.8. The monoisotopic (exact) mass is 392 g/mol. The number of amides is 1. The van der Waals surface area contributed by atoms with Crippen LogP contribution in [0.15, 0.2) is 48.7 Å². The third kappa shape index (κ3) is 4.21. The fourth-order valence-corrected chi connectivity index (χ4v) is 2.91. The Morgan fingerprint density at radius 2 is 2.00 bits per heavy atom. The van der Waals surface area contributed by atoms with Crippen LogP contribution in [0.1, 0.15) is 21.6 Å². The van der Waals surface area contributed by atoms with Crippen molar-refractivity contribution in [2.45, 2.75) is 13.5 Å². The maximum absolute atomic E-state index is 12.5. The first-order chi connectivity index (χ1) is 14.1. The molecule has 2 heterocycles. The molecule has 0 saturated heterocycles. The van der Waals surface area contributed by atoms with E-state index in [-0.39, 0.29) is 18.4 Å². The molecule has 2 aromatic carbocycles. The first-order valence-electron chi connectivity index (χ1n) is 9.04. The second-order valence-corrected chi connectivity index (χ2v) is 6.46. The number of carbonyl (C=O) groups excluding carboxylic acids is 1. The molecule has 0 aliphatic carbocycles. The fraction of sp³-hybridized carbons (Fsp3) is 0.190. The number of aromatic nitrogens is 2. The van der Waals surface area contributed by atoms with Crippen LogP contribution in [-0.4, -0.2) is 29.8 Å². The minimum Gasteiger partial charge on any atom is -0.495 e. The van der Waals surface area contributed by atoms with Gasteiger partial charge >= 0.3 is 0 Å². The number of anilines is 2. The molecular formula is C21H20N4O4. The Bertz CT molecular complexity index is 1050. The Morgan fingerprint density at radius 1 is 1.14 bits per heavy atom. The molecule has 1 aromatic heterocycles. The molecule has 3 aromatic rings. The molecule has 4 rings (SSSR count). The van der Waals surface area contributed by atoms with E-state index in [0.717, 1.165) is 16.8 Å². The van der Waals surface area contributed by atoms with Crippen LogP contribution >= 0.6 is 0 Å². The van der Waals surface area contributed by atoms with Crippen molar-refractivity contribution in [1.29, 1.82) is 0 Å². The number of ether oxygens (including phenoxy) is 3. The van der Waals surface area contributed by atoms with Gasteiger partial charge in [-0.2, -0.15) is 0 Å². The summed E-state index contributed by atoms with van der Waals surface area (Å²) in [7, 11) is 1.59. The predicted octanol–water partition coefficient (Wildman–Crippen LogP) is 3.20. The maximum Gasteiger partial charge on any atom is 0.270 e. The van der Waals surface area contributed by atoms with Crippen molar-refractivity contribution >= 4 is 17.5 Å². The molecule has 8 heteroatoms. The molecule has 0 radical (unpaired) electrons. The minimum absolute atomic E-state index is 0.216. The third-order valence-electron chi connectivity index (χ3n) is 4.38. The SMILES string of the molecule is COc1ccc(C)cc1Nc1nccc(C(=O)NCc2ccc3c(c2)OCO3)n1. The zero-order valence-electron chi connectivity index (χ0n) is 16.1. The number of benzene rings is 2. The maximum atomic E-state index is 12.5. The number of aryl methyl sites for hydroxylation is 1. The highest BCUT2D eigenvalue weighted by molar-refractivity contribution is 5.92. The van der Waals surface area contributed by atoms with Gasteiger partial charge in [0.05, 0.1) is 12.8 Å². The molecule has 8 nitrogen and oxygen atoms in total. The van der Waals surface area contributed by atoms with E-state index in [0.29, 0.717) is 29.7 Å². The summed E-state index contributed by atoms with van der Waals surface area (Å²) in [5.74, 6) is 2.06. The average Bonchev–Trinajstić information content (AvgIpc) is 3.20. The number of hydrogen-bond acceptors (Lipinski definition) is 7. The van der Waals surface area contributed by atoms with Gasteiger partial charge in [0.15, 0.2) is 11.5 Å². The highest BCUT2D eigenvalue weighted by Gasteiger charge is 2.14. The number of nitrogens with zero attached hydrogens (tertiary/aromatic N) is 2. The lowest BCUT2D eigenvalue weighted by molar-refractivity contribution is 0.0946. The highest BCUT2D eigenvalue weighted by Crippen LogP contribution is 2.32. The number of hydrogen-bond donors (Lipinski definition) is 2. The van der Waals surface area contributed by atoms with Crippen LogP contribution < -0.4 is 24.8 Å². The molecular weight excluding hydrogens is 372 g/mol. The molecule has 0 unspecified atom stereocenters. The lowest BCUT2D eigenvalue weighted by Gasteiger charge is -2.11. The van der Waals surface area contributed by atoms with E-state index in [9.17, 15) is 4.79 Å². The van der Waals surface area contributed by atoms with Crippen LogP contribution in [0.2, 0.25) is 0 Å². The molecule has 0 fully saturated rings. The van der Waals surface area contributed by atoms with Gasteiger partial charge in [-0.05, 0) is 48.4 Å². The van der Waals surface area contributed by atoms with E-state index in [4.69, 9.17) is 14.2 Å². The van der Waals surface area contributed by atoms with Gasteiger partial charge in [-0.1, -0.05) is 12.1 Å². The molecule has 0 bridgehead atoms. The lowest BCUT2D eigenvalue weighted by atomic mass is 10.2. The van der Waals surface area contributed by atoms with Crippen molar-refractivity contribution in [3.63, 3.8) is 0 Å². The Balaban J connectivity index is 1.44. The summed E-state index contributed by atoms with van der Waals surface area (Å²) >= 11 is 0. The van der Waals surface area contributed by atoms with Gasteiger partial charge in [0.2, 0.25) is 12.7 Å². The van der Waals surface area contributed by atoms with E-state index < -0.39 is 0 Å². The predicted molar refractivity (Wildman–Crippen MR) is 107 cm³/mol. The number of nitrogens with one attached hydrogen (secondary N) is 2. The van der Waals surface area contributed by atoms with Gasteiger partial charge in [-0.15, -0.1) is 0 Å². The zero-order valence-corrected chi connectivity index (χ0v) is 16.1. The Morgan fingerprint density at radius 3 is 2.86 bits per heavy atom. The van der Waals surface area contributed by atoms with Gasteiger partial charge in [-0.25, -0.2) is 9.97 Å². The van der Waals surface area contributed by atoms with Crippen molar-refractivity contribution in [3.05, 3.63) is 65.5 Å². The topological polar surface area (TPSA) is 94.6 Å². The highest BCUT2D eigenvalue weighted by atomic mass is 16.7. The summed E-state index contributed by atoms with van der Waals surface area (Å²) in [5.41, 5.74) is 2.95. The second kappa shape index (κ2) is 8.05. The van der Waals surface area contributed by atoms with Gasteiger partial charge in [0, 0.05) is 12.7 Å². The number of fused-ring (bicyclic) bond motifs is 1. The Labute approximate surface area is 167 Å². The van der Waals surface area contributed by atoms with E-state index in [1.54, 1.807) is 13.2 Å². The lowest BCUT2D eigenvalue weighted by Crippen LogP contribution is -2.24. The Hall–Kier alpha value is -3.81. The summed E-state index contributed by atoms with van der Waals surface area (Å²) in [5, 5.41) is 5.96. The van der Waals surface area contributed by atoms with Gasteiger partial charge in [-0.3, -0.25) is 4.79 Å². The molecule has 1 amide bonds. The minimum atomic E-state index is -0.302. The number of carbonyl (C=O) groups is 1. The molecule has 2 N–H and O–H groups in total. The van der Waals surface area contributed by atoms with Crippen LogP contribution in [-0.2, 0) is 6.54 Å². The van der Waals surface area contributed by atoms with Crippen LogP contribution in [0, 0.1) is 6.92 Å². The molecule has 0 atom stereocenters. The fourth-order valence-electron chi connectivity index (χ4n) is 2.91. The van der Waals surface area contributed by atoms with Crippen LogP contribution in [0.4, 0.5) is 11.6 Å². The summed E-state index contributed by atoms with van der Waals surface area (Å²) in [6, 6.07) is 12.8. The first-order valence-corrected chi connectivity index (χ1v) is 9.04. The first kappa shape index (κ1) is 18.5.